The van der Waals surface area contributed by atoms with E-state index in [4.69, 9.17) is 0 Å². The Labute approximate surface area is 145 Å². The highest BCUT2D eigenvalue weighted by atomic mass is 32.3. The average Bonchev–Trinajstić information content (AvgIpc) is 2.50. The molecular weight excluding hydrogens is 359 g/mol. The van der Waals surface area contributed by atoms with Crippen molar-refractivity contribution in [3.63, 3.8) is 0 Å². The molecular formula is C16H12F3NO2S2. The van der Waals surface area contributed by atoms with Crippen LogP contribution in [0.3, 0.4) is 0 Å². The predicted octanol–water partition coefficient (Wildman–Crippen LogP) is 4.71. The van der Waals surface area contributed by atoms with E-state index in [1.165, 1.54) is 12.1 Å². The van der Waals surface area contributed by atoms with Gasteiger partial charge in [0.25, 0.3) is 0 Å². The number of alkyl halides is 3. The van der Waals surface area contributed by atoms with Crippen molar-refractivity contribution in [2.24, 2.45) is 0 Å². The van der Waals surface area contributed by atoms with Crippen LogP contribution in [0.4, 0.5) is 13.2 Å². The lowest BCUT2D eigenvalue weighted by Crippen LogP contribution is -2.26. The van der Waals surface area contributed by atoms with Gasteiger partial charge in [0.15, 0.2) is 5.78 Å². The Morgan fingerprint density at radius 2 is 1.75 bits per heavy atom. The van der Waals surface area contributed by atoms with E-state index >= 15 is 0 Å². The first-order valence-electron chi connectivity index (χ1n) is 6.97. The maximum absolute atomic E-state index is 12.9. The van der Waals surface area contributed by atoms with Crippen LogP contribution in [0.5, 0.6) is 5.75 Å². The van der Waals surface area contributed by atoms with Gasteiger partial charge in [-0.1, -0.05) is 0 Å². The Kier molecular flexibility index (Phi) is 5.05. The van der Waals surface area contributed by atoms with E-state index in [1.54, 1.807) is 48.1 Å². The predicted molar refractivity (Wildman–Crippen MR) is 88.3 cm³/mol. The van der Waals surface area contributed by atoms with E-state index in [-0.39, 0.29) is 22.0 Å². The van der Waals surface area contributed by atoms with Crippen molar-refractivity contribution in [2.45, 2.75) is 16.9 Å². The van der Waals surface area contributed by atoms with Gasteiger partial charge < -0.3 is 4.74 Å². The Morgan fingerprint density at radius 1 is 1.12 bits per heavy atom. The number of hydrogen-bond acceptors (Lipinski definition) is 5. The Bertz CT molecular complexity index is 704. The fraction of sp³-hybridized carbons (Fsp3) is 0.250. The summed E-state index contributed by atoms with van der Waals surface area (Å²) in [5.41, 5.74) is 1.22. The van der Waals surface area contributed by atoms with Crippen molar-refractivity contribution in [3.8, 4) is 5.75 Å². The summed E-state index contributed by atoms with van der Waals surface area (Å²) < 4.78 is 40.6. The van der Waals surface area contributed by atoms with Crippen LogP contribution < -0.4 is 4.74 Å². The largest absolute Gasteiger partial charge is 0.573 e. The van der Waals surface area contributed by atoms with E-state index in [1.807, 2.05) is 0 Å². The van der Waals surface area contributed by atoms with E-state index < -0.39 is 6.36 Å². The number of carbonyl (C=O) groups excluding carboxylic acids is 1. The van der Waals surface area contributed by atoms with Crippen molar-refractivity contribution in [1.82, 2.24) is 4.98 Å². The standard InChI is InChI=1S/C16H12F3NO2S2/c17-16(18,19)22-12-3-1-11(2-4-12)14(21)13(15-23-9-24-15)10-5-7-20-8-6-10/h1-8,13,15H,9H2. The first kappa shape index (κ1) is 17.2. The molecule has 126 valence electrons. The molecule has 1 atom stereocenters. The second-order valence-electron chi connectivity index (χ2n) is 5.01. The Balaban J connectivity index is 1.82. The van der Waals surface area contributed by atoms with Gasteiger partial charge in [0.1, 0.15) is 5.75 Å². The number of aromatic nitrogens is 1. The van der Waals surface area contributed by atoms with Gasteiger partial charge in [-0.15, -0.1) is 36.7 Å². The van der Waals surface area contributed by atoms with Gasteiger partial charge in [-0.25, -0.2) is 0 Å². The van der Waals surface area contributed by atoms with E-state index in [0.29, 0.717) is 5.56 Å². The van der Waals surface area contributed by atoms with Crippen LogP contribution in [-0.2, 0) is 0 Å². The minimum absolute atomic E-state index is 0.103. The number of carbonyl (C=O) groups is 1. The van der Waals surface area contributed by atoms with E-state index in [0.717, 1.165) is 22.8 Å². The zero-order valence-corrected chi connectivity index (χ0v) is 13.8. The molecule has 1 unspecified atom stereocenters. The molecule has 1 aliphatic rings. The lowest BCUT2D eigenvalue weighted by atomic mass is 9.92. The van der Waals surface area contributed by atoms with Crippen LogP contribution in [0.1, 0.15) is 21.8 Å². The highest BCUT2D eigenvalue weighted by Gasteiger charge is 2.36. The van der Waals surface area contributed by atoms with Crippen LogP contribution in [0.2, 0.25) is 0 Å². The minimum Gasteiger partial charge on any atom is -0.406 e. The SMILES string of the molecule is O=C(c1ccc(OC(F)(F)F)cc1)C(c1ccncc1)C1SCS1. The Morgan fingerprint density at radius 3 is 2.25 bits per heavy atom. The number of rotatable bonds is 5. The maximum atomic E-state index is 12.9. The molecule has 1 aromatic carbocycles. The zero-order valence-electron chi connectivity index (χ0n) is 12.2. The molecule has 1 fully saturated rings. The fourth-order valence-corrected chi connectivity index (χ4v) is 4.46. The highest BCUT2D eigenvalue weighted by molar-refractivity contribution is 8.32. The first-order valence-corrected chi connectivity index (χ1v) is 9.07. The first-order chi connectivity index (χ1) is 11.4. The molecule has 24 heavy (non-hydrogen) atoms. The molecule has 3 rings (SSSR count). The van der Waals surface area contributed by atoms with Crippen molar-refractivity contribution >= 4 is 29.3 Å². The van der Waals surface area contributed by atoms with Gasteiger partial charge in [0, 0.05) is 23.0 Å². The monoisotopic (exact) mass is 371 g/mol. The number of halogens is 3. The summed E-state index contributed by atoms with van der Waals surface area (Å²) >= 11 is 3.38. The van der Waals surface area contributed by atoms with Crippen molar-refractivity contribution in [1.29, 1.82) is 0 Å². The van der Waals surface area contributed by atoms with Crippen molar-refractivity contribution < 1.29 is 22.7 Å². The number of thioether (sulfide) groups is 2. The third-order valence-electron chi connectivity index (χ3n) is 3.46. The number of nitrogens with zero attached hydrogens (tertiary/aromatic N) is 1. The molecule has 2 heterocycles. The summed E-state index contributed by atoms with van der Waals surface area (Å²) in [6.07, 6.45) is -1.49. The van der Waals surface area contributed by atoms with Gasteiger partial charge in [-0.05, 0) is 42.0 Å². The summed E-state index contributed by atoms with van der Waals surface area (Å²) in [5.74, 6) is -0.817. The normalized spacial score (nSPS) is 16.3. The topological polar surface area (TPSA) is 39.2 Å². The molecule has 0 radical (unpaired) electrons. The van der Waals surface area contributed by atoms with Crippen LogP contribution >= 0.6 is 23.5 Å². The molecule has 0 spiro atoms. The van der Waals surface area contributed by atoms with Crippen LogP contribution in [0, 0.1) is 0 Å². The molecule has 8 heteroatoms. The second-order valence-corrected chi connectivity index (χ2v) is 7.94. The zero-order chi connectivity index (χ0) is 17.2. The number of ketones is 1. The number of ether oxygens (including phenoxy) is 1. The third kappa shape index (κ3) is 4.05. The summed E-state index contributed by atoms with van der Waals surface area (Å²) in [6.45, 7) is 0. The molecule has 0 amide bonds. The van der Waals surface area contributed by atoms with Gasteiger partial charge in [-0.3, -0.25) is 9.78 Å². The van der Waals surface area contributed by atoms with Crippen LogP contribution in [0.15, 0.2) is 48.8 Å². The second kappa shape index (κ2) is 7.06. The molecule has 0 bridgehead atoms. The molecule has 0 saturated carbocycles. The summed E-state index contributed by atoms with van der Waals surface area (Å²) in [5, 5.41) is 0.928. The molecule has 0 N–H and O–H groups in total. The lowest BCUT2D eigenvalue weighted by Gasteiger charge is -2.32. The molecule has 1 aliphatic heterocycles. The van der Waals surface area contributed by atoms with Crippen LogP contribution in [0.25, 0.3) is 0 Å². The van der Waals surface area contributed by atoms with Gasteiger partial charge >= 0.3 is 6.36 Å². The number of benzene rings is 1. The van der Waals surface area contributed by atoms with Gasteiger partial charge in [0.05, 0.1) is 10.5 Å². The van der Waals surface area contributed by atoms with Crippen molar-refractivity contribution in [3.05, 3.63) is 59.9 Å². The Hall–Kier alpha value is -1.67. The molecule has 1 aromatic heterocycles. The molecule has 3 nitrogen and oxygen atoms in total. The van der Waals surface area contributed by atoms with E-state index in [9.17, 15) is 18.0 Å². The highest BCUT2D eigenvalue weighted by Crippen LogP contribution is 2.48. The third-order valence-corrected chi connectivity index (χ3v) is 6.56. The summed E-state index contributed by atoms with van der Waals surface area (Å²) in [6, 6.07) is 8.64. The molecule has 1 saturated heterocycles. The smallest absolute Gasteiger partial charge is 0.406 e. The minimum atomic E-state index is -4.75. The summed E-state index contributed by atoms with van der Waals surface area (Å²) in [4.78, 5) is 16.8. The average molecular weight is 371 g/mol. The molecule has 2 aromatic rings. The number of pyridine rings is 1. The van der Waals surface area contributed by atoms with Crippen LogP contribution in [-0.4, -0.2) is 26.8 Å². The van der Waals surface area contributed by atoms with E-state index in [2.05, 4.69) is 9.72 Å². The molecule has 0 aliphatic carbocycles. The number of Topliss-reactive ketones (excluding diaryl/α,β-unsaturated/α-hetero) is 1. The fourth-order valence-electron chi connectivity index (χ4n) is 2.34. The van der Waals surface area contributed by atoms with Gasteiger partial charge in [-0.2, -0.15) is 0 Å². The maximum Gasteiger partial charge on any atom is 0.573 e. The van der Waals surface area contributed by atoms with Gasteiger partial charge in [0.2, 0.25) is 0 Å². The quantitative estimate of drug-likeness (QED) is 0.712. The van der Waals surface area contributed by atoms with Crippen molar-refractivity contribution in [2.75, 3.05) is 5.08 Å². The lowest BCUT2D eigenvalue weighted by molar-refractivity contribution is -0.274. The summed E-state index contributed by atoms with van der Waals surface area (Å²) in [7, 11) is 0. The number of hydrogen-bond donors (Lipinski definition) is 0.